The lowest BCUT2D eigenvalue weighted by Gasteiger charge is -2.32. The van der Waals surface area contributed by atoms with Gasteiger partial charge < -0.3 is 10.1 Å². The number of anilines is 1. The maximum Gasteiger partial charge on any atom is 0.324 e. The molecule has 7 nitrogen and oxygen atoms in total. The van der Waals surface area contributed by atoms with Gasteiger partial charge in [-0.1, -0.05) is 0 Å². The first-order valence-corrected chi connectivity index (χ1v) is 8.77. The van der Waals surface area contributed by atoms with Crippen LogP contribution >= 0.6 is 0 Å². The van der Waals surface area contributed by atoms with E-state index in [2.05, 4.69) is 5.32 Å². The third-order valence-electron chi connectivity index (χ3n) is 3.71. The number of amides is 1. The molecule has 23 heavy (non-hydrogen) atoms. The number of sulfonamides is 1. The molecular weight excluding hydrogens is 320 g/mol. The summed E-state index contributed by atoms with van der Waals surface area (Å²) in [5.74, 6) is -0.773. The fourth-order valence-electron chi connectivity index (χ4n) is 2.61. The Labute approximate surface area is 135 Å². The molecule has 1 aromatic carbocycles. The van der Waals surface area contributed by atoms with E-state index in [1.54, 1.807) is 0 Å². The highest BCUT2D eigenvalue weighted by Gasteiger charge is 2.38. The van der Waals surface area contributed by atoms with Crippen LogP contribution in [-0.2, 0) is 24.3 Å². The van der Waals surface area contributed by atoms with E-state index in [9.17, 15) is 18.0 Å². The molecular formula is C15H20N2O5S. The molecule has 1 fully saturated rings. The number of methoxy groups -OCH3 is 1. The zero-order valence-corrected chi connectivity index (χ0v) is 13.9. The van der Waals surface area contributed by atoms with Crippen molar-refractivity contribution < 1.29 is 22.7 Å². The molecule has 2 rings (SSSR count). The summed E-state index contributed by atoms with van der Waals surface area (Å²) in [7, 11) is -2.54. The molecule has 0 spiro atoms. The SMILES string of the molecule is COC(=O)C1CCCCN1S(=O)(=O)c1ccc(NC(C)=O)cc1. The molecule has 1 N–H and O–H groups in total. The predicted molar refractivity (Wildman–Crippen MR) is 84.3 cm³/mol. The number of piperidine rings is 1. The zero-order chi connectivity index (χ0) is 17.0. The number of hydrogen-bond acceptors (Lipinski definition) is 5. The van der Waals surface area contributed by atoms with Gasteiger partial charge in [-0.3, -0.25) is 9.59 Å². The van der Waals surface area contributed by atoms with Gasteiger partial charge in [0.25, 0.3) is 0 Å². The van der Waals surface area contributed by atoms with E-state index in [0.717, 1.165) is 6.42 Å². The number of esters is 1. The largest absolute Gasteiger partial charge is 0.468 e. The molecule has 1 aromatic rings. The van der Waals surface area contributed by atoms with Gasteiger partial charge in [0, 0.05) is 19.2 Å². The van der Waals surface area contributed by atoms with Gasteiger partial charge in [-0.05, 0) is 43.5 Å². The minimum atomic E-state index is -3.79. The van der Waals surface area contributed by atoms with Gasteiger partial charge in [0.1, 0.15) is 6.04 Å². The number of benzene rings is 1. The second-order valence-corrected chi connectivity index (χ2v) is 7.25. The number of hydrogen-bond donors (Lipinski definition) is 1. The second kappa shape index (κ2) is 7.10. The van der Waals surface area contributed by atoms with Crippen LogP contribution in [-0.4, -0.2) is 44.3 Å². The molecule has 8 heteroatoms. The standard InChI is InChI=1S/C15H20N2O5S/c1-11(18)16-12-6-8-13(9-7-12)23(20,21)17-10-4-3-5-14(17)15(19)22-2/h6-9,14H,3-5,10H2,1-2H3,(H,16,18). The zero-order valence-electron chi connectivity index (χ0n) is 13.1. The average Bonchev–Trinajstić information content (AvgIpc) is 2.54. The van der Waals surface area contributed by atoms with E-state index in [0.29, 0.717) is 18.5 Å². The van der Waals surface area contributed by atoms with Crippen LogP contribution in [0.1, 0.15) is 26.2 Å². The van der Waals surface area contributed by atoms with Crippen LogP contribution in [0.4, 0.5) is 5.69 Å². The van der Waals surface area contributed by atoms with Crippen molar-refractivity contribution in [2.24, 2.45) is 0 Å². The Kier molecular flexibility index (Phi) is 5.38. The first kappa shape index (κ1) is 17.4. The summed E-state index contributed by atoms with van der Waals surface area (Å²) in [5.41, 5.74) is 0.514. The van der Waals surface area contributed by atoms with E-state index in [-0.39, 0.29) is 17.3 Å². The quantitative estimate of drug-likeness (QED) is 0.836. The molecule has 1 aliphatic heterocycles. The van der Waals surface area contributed by atoms with Crippen molar-refractivity contribution in [3.05, 3.63) is 24.3 Å². The first-order valence-electron chi connectivity index (χ1n) is 7.33. The minimum absolute atomic E-state index is 0.0856. The molecule has 1 aliphatic rings. The Hall–Kier alpha value is -1.93. The summed E-state index contributed by atoms with van der Waals surface area (Å²) in [5, 5.41) is 2.58. The van der Waals surface area contributed by atoms with Crippen LogP contribution in [0.25, 0.3) is 0 Å². The van der Waals surface area contributed by atoms with Crippen molar-refractivity contribution in [3.63, 3.8) is 0 Å². The van der Waals surface area contributed by atoms with Gasteiger partial charge in [-0.15, -0.1) is 0 Å². The van der Waals surface area contributed by atoms with Crippen LogP contribution in [0, 0.1) is 0 Å². The molecule has 0 bridgehead atoms. The number of ether oxygens (including phenoxy) is 1. The fourth-order valence-corrected chi connectivity index (χ4v) is 4.26. The number of rotatable bonds is 4. The predicted octanol–water partition coefficient (Wildman–Crippen LogP) is 1.36. The van der Waals surface area contributed by atoms with E-state index in [1.165, 1.54) is 42.6 Å². The highest BCUT2D eigenvalue weighted by Crippen LogP contribution is 2.26. The number of carbonyl (C=O) groups excluding carboxylic acids is 2. The topological polar surface area (TPSA) is 92.8 Å². The van der Waals surface area contributed by atoms with E-state index < -0.39 is 22.0 Å². The molecule has 0 radical (unpaired) electrons. The van der Waals surface area contributed by atoms with Gasteiger partial charge in [-0.2, -0.15) is 4.31 Å². The Morgan fingerprint density at radius 1 is 1.22 bits per heavy atom. The summed E-state index contributed by atoms with van der Waals surface area (Å²) in [6, 6.07) is 5.10. The van der Waals surface area contributed by atoms with Gasteiger partial charge in [0.05, 0.1) is 12.0 Å². The smallest absolute Gasteiger partial charge is 0.324 e. The maximum atomic E-state index is 12.8. The Morgan fingerprint density at radius 2 is 1.87 bits per heavy atom. The van der Waals surface area contributed by atoms with Gasteiger partial charge in [0.2, 0.25) is 15.9 Å². The van der Waals surface area contributed by atoms with Crippen LogP contribution in [0.5, 0.6) is 0 Å². The summed E-state index contributed by atoms with van der Waals surface area (Å²) >= 11 is 0. The number of carbonyl (C=O) groups is 2. The molecule has 1 amide bonds. The molecule has 1 atom stereocenters. The number of nitrogens with zero attached hydrogens (tertiary/aromatic N) is 1. The molecule has 0 aliphatic carbocycles. The Balaban J connectivity index is 2.28. The highest BCUT2D eigenvalue weighted by atomic mass is 32.2. The van der Waals surface area contributed by atoms with Gasteiger partial charge >= 0.3 is 5.97 Å². The minimum Gasteiger partial charge on any atom is -0.468 e. The molecule has 1 heterocycles. The van der Waals surface area contributed by atoms with Crippen molar-refractivity contribution >= 4 is 27.6 Å². The summed E-state index contributed by atoms with van der Waals surface area (Å²) in [6.07, 6.45) is 1.94. The maximum absolute atomic E-state index is 12.8. The van der Waals surface area contributed by atoms with Crippen molar-refractivity contribution in [2.45, 2.75) is 37.1 Å². The molecule has 1 saturated heterocycles. The van der Waals surface area contributed by atoms with Crippen molar-refractivity contribution in [3.8, 4) is 0 Å². The Bertz CT molecular complexity index is 684. The van der Waals surface area contributed by atoms with Crippen LogP contribution in [0.15, 0.2) is 29.2 Å². The summed E-state index contributed by atoms with van der Waals surface area (Å²) < 4.78 is 31.5. The highest BCUT2D eigenvalue weighted by molar-refractivity contribution is 7.89. The molecule has 1 unspecified atom stereocenters. The van der Waals surface area contributed by atoms with Gasteiger partial charge in [-0.25, -0.2) is 8.42 Å². The summed E-state index contributed by atoms with van der Waals surface area (Å²) in [4.78, 5) is 22.9. The number of nitrogens with one attached hydrogen (secondary N) is 1. The lowest BCUT2D eigenvalue weighted by atomic mass is 10.1. The average molecular weight is 340 g/mol. The fraction of sp³-hybridized carbons (Fsp3) is 0.467. The third kappa shape index (κ3) is 3.89. The lowest BCUT2D eigenvalue weighted by molar-refractivity contribution is -0.146. The van der Waals surface area contributed by atoms with Crippen LogP contribution < -0.4 is 5.32 Å². The van der Waals surface area contributed by atoms with E-state index >= 15 is 0 Å². The van der Waals surface area contributed by atoms with Crippen LogP contribution in [0.2, 0.25) is 0 Å². The first-order chi connectivity index (χ1) is 10.9. The van der Waals surface area contributed by atoms with Crippen molar-refractivity contribution in [1.29, 1.82) is 0 Å². The molecule has 0 aromatic heterocycles. The van der Waals surface area contributed by atoms with Crippen LogP contribution in [0.3, 0.4) is 0 Å². The van der Waals surface area contributed by atoms with Gasteiger partial charge in [0.15, 0.2) is 0 Å². The third-order valence-corrected chi connectivity index (χ3v) is 5.63. The normalized spacial score (nSPS) is 19.1. The monoisotopic (exact) mass is 340 g/mol. The lowest BCUT2D eigenvalue weighted by Crippen LogP contribution is -2.48. The Morgan fingerprint density at radius 3 is 2.43 bits per heavy atom. The van der Waals surface area contributed by atoms with E-state index in [1.807, 2.05) is 0 Å². The second-order valence-electron chi connectivity index (χ2n) is 5.36. The van der Waals surface area contributed by atoms with E-state index in [4.69, 9.17) is 4.74 Å². The summed E-state index contributed by atoms with van der Waals surface area (Å²) in [6.45, 7) is 1.66. The van der Waals surface area contributed by atoms with Crippen molar-refractivity contribution in [2.75, 3.05) is 19.0 Å². The van der Waals surface area contributed by atoms with Crippen molar-refractivity contribution in [1.82, 2.24) is 4.31 Å². The molecule has 0 saturated carbocycles. The molecule has 126 valence electrons.